The molecule has 0 saturated carbocycles. The summed E-state index contributed by atoms with van der Waals surface area (Å²) in [6.45, 7) is 8.99. The zero-order valence-electron chi connectivity index (χ0n) is 16.8. The molecular weight excluding hydrogens is 364 g/mol. The molecule has 0 N–H and O–H groups in total. The second kappa shape index (κ2) is 9.14. The molecule has 0 unspecified atom stereocenters. The van der Waals surface area contributed by atoms with Crippen LogP contribution in [0.3, 0.4) is 0 Å². The number of amides is 1. The number of carbonyl (C=O) groups is 1. The summed E-state index contributed by atoms with van der Waals surface area (Å²) in [5.41, 5.74) is 2.98. The highest BCUT2D eigenvalue weighted by molar-refractivity contribution is 5.94. The van der Waals surface area contributed by atoms with Gasteiger partial charge in [-0.15, -0.1) is 0 Å². The van der Waals surface area contributed by atoms with Crippen molar-refractivity contribution in [2.45, 2.75) is 25.9 Å². The van der Waals surface area contributed by atoms with E-state index in [9.17, 15) is 4.79 Å². The molecule has 2 heterocycles. The van der Waals surface area contributed by atoms with Crippen LogP contribution in [0, 0.1) is 0 Å². The molecule has 152 valence electrons. The zero-order chi connectivity index (χ0) is 20.1. The standard InChI is InChI=1S/C24H28N2O3/c1-2-13-28-22-7-5-6-20(16-22)24(27)26-12-14-29-23-9-8-19(15-21(23)18-26)17-25-10-3-4-11-25/h2,5-9,15-16H,1,3-4,10-14,17-18H2. The van der Waals surface area contributed by atoms with Gasteiger partial charge in [-0.05, 0) is 61.8 Å². The lowest BCUT2D eigenvalue weighted by Crippen LogP contribution is -2.32. The molecule has 29 heavy (non-hydrogen) atoms. The zero-order valence-corrected chi connectivity index (χ0v) is 16.8. The van der Waals surface area contributed by atoms with Crippen molar-refractivity contribution in [1.82, 2.24) is 9.80 Å². The van der Waals surface area contributed by atoms with Crippen LogP contribution in [0.2, 0.25) is 0 Å². The lowest BCUT2D eigenvalue weighted by Gasteiger charge is -2.21. The number of carbonyl (C=O) groups excluding carboxylic acids is 1. The Morgan fingerprint density at radius 1 is 1.14 bits per heavy atom. The smallest absolute Gasteiger partial charge is 0.254 e. The van der Waals surface area contributed by atoms with E-state index in [2.05, 4.69) is 29.7 Å². The fourth-order valence-corrected chi connectivity index (χ4v) is 3.97. The van der Waals surface area contributed by atoms with E-state index in [1.807, 2.05) is 23.1 Å². The minimum atomic E-state index is -0.00421. The average Bonchev–Trinajstić information content (AvgIpc) is 3.16. The van der Waals surface area contributed by atoms with Crippen LogP contribution in [-0.4, -0.2) is 48.6 Å². The van der Waals surface area contributed by atoms with Crippen molar-refractivity contribution in [3.63, 3.8) is 0 Å². The van der Waals surface area contributed by atoms with E-state index in [1.165, 1.54) is 31.5 Å². The summed E-state index contributed by atoms with van der Waals surface area (Å²) in [6.07, 6.45) is 4.26. The van der Waals surface area contributed by atoms with Crippen molar-refractivity contribution in [1.29, 1.82) is 0 Å². The Morgan fingerprint density at radius 3 is 2.83 bits per heavy atom. The predicted molar refractivity (Wildman–Crippen MR) is 113 cm³/mol. The molecule has 5 nitrogen and oxygen atoms in total. The molecule has 0 radical (unpaired) electrons. The first-order valence-electron chi connectivity index (χ1n) is 10.3. The number of ether oxygens (including phenoxy) is 2. The molecule has 5 heteroatoms. The third kappa shape index (κ3) is 4.80. The van der Waals surface area contributed by atoms with Gasteiger partial charge in [0.2, 0.25) is 0 Å². The highest BCUT2D eigenvalue weighted by Crippen LogP contribution is 2.27. The van der Waals surface area contributed by atoms with Gasteiger partial charge < -0.3 is 14.4 Å². The van der Waals surface area contributed by atoms with Crippen molar-refractivity contribution in [2.75, 3.05) is 32.8 Å². The van der Waals surface area contributed by atoms with Gasteiger partial charge in [-0.25, -0.2) is 0 Å². The number of nitrogens with zero attached hydrogens (tertiary/aromatic N) is 2. The third-order valence-electron chi connectivity index (χ3n) is 5.45. The van der Waals surface area contributed by atoms with E-state index < -0.39 is 0 Å². The largest absolute Gasteiger partial charge is 0.491 e. The van der Waals surface area contributed by atoms with E-state index in [4.69, 9.17) is 9.47 Å². The van der Waals surface area contributed by atoms with Crippen LogP contribution in [0.1, 0.15) is 34.3 Å². The first-order chi connectivity index (χ1) is 14.2. The Balaban J connectivity index is 1.50. The molecule has 0 aromatic heterocycles. The van der Waals surface area contributed by atoms with Crippen LogP contribution in [0.5, 0.6) is 11.5 Å². The van der Waals surface area contributed by atoms with Gasteiger partial charge in [-0.1, -0.05) is 24.8 Å². The van der Waals surface area contributed by atoms with E-state index in [1.54, 1.807) is 12.1 Å². The topological polar surface area (TPSA) is 42.0 Å². The number of hydrogen-bond donors (Lipinski definition) is 0. The third-order valence-corrected chi connectivity index (χ3v) is 5.45. The molecule has 4 rings (SSSR count). The molecule has 1 amide bonds. The van der Waals surface area contributed by atoms with E-state index in [-0.39, 0.29) is 5.91 Å². The van der Waals surface area contributed by atoms with Gasteiger partial charge in [0.25, 0.3) is 5.91 Å². The van der Waals surface area contributed by atoms with Gasteiger partial charge >= 0.3 is 0 Å². The second-order valence-electron chi connectivity index (χ2n) is 7.63. The molecule has 0 aliphatic carbocycles. The Morgan fingerprint density at radius 2 is 2.00 bits per heavy atom. The highest BCUT2D eigenvalue weighted by atomic mass is 16.5. The van der Waals surface area contributed by atoms with Gasteiger partial charge in [0.05, 0.1) is 6.54 Å². The van der Waals surface area contributed by atoms with Crippen LogP contribution in [0.4, 0.5) is 0 Å². The fraction of sp³-hybridized carbons (Fsp3) is 0.375. The summed E-state index contributed by atoms with van der Waals surface area (Å²) in [5, 5.41) is 0. The fourth-order valence-electron chi connectivity index (χ4n) is 3.97. The molecule has 2 aliphatic heterocycles. The summed E-state index contributed by atoms with van der Waals surface area (Å²) in [4.78, 5) is 17.5. The molecule has 0 bridgehead atoms. The van der Waals surface area contributed by atoms with Crippen molar-refractivity contribution >= 4 is 5.91 Å². The number of rotatable bonds is 6. The Hall–Kier alpha value is -2.79. The molecule has 2 aromatic rings. The maximum atomic E-state index is 13.1. The number of hydrogen-bond acceptors (Lipinski definition) is 4. The summed E-state index contributed by atoms with van der Waals surface area (Å²) in [7, 11) is 0. The van der Waals surface area contributed by atoms with Gasteiger partial charge in [0, 0.05) is 24.2 Å². The Kier molecular flexibility index (Phi) is 6.15. The number of likely N-dealkylation sites (tertiary alicyclic amines) is 1. The van der Waals surface area contributed by atoms with Crippen LogP contribution >= 0.6 is 0 Å². The molecule has 1 fully saturated rings. The minimum absolute atomic E-state index is 0.00421. The van der Waals surface area contributed by atoms with Crippen molar-refractivity contribution in [3.05, 3.63) is 71.8 Å². The lowest BCUT2D eigenvalue weighted by molar-refractivity contribution is 0.0733. The van der Waals surface area contributed by atoms with Crippen molar-refractivity contribution in [2.24, 2.45) is 0 Å². The Bertz CT molecular complexity index is 874. The first kappa shape index (κ1) is 19.5. The summed E-state index contributed by atoms with van der Waals surface area (Å²) < 4.78 is 11.5. The van der Waals surface area contributed by atoms with Gasteiger partial charge in [0.1, 0.15) is 24.7 Å². The second-order valence-corrected chi connectivity index (χ2v) is 7.63. The molecule has 1 saturated heterocycles. The maximum Gasteiger partial charge on any atom is 0.254 e. The Labute approximate surface area is 172 Å². The minimum Gasteiger partial charge on any atom is -0.491 e. The van der Waals surface area contributed by atoms with Gasteiger partial charge in [-0.3, -0.25) is 9.69 Å². The van der Waals surface area contributed by atoms with E-state index >= 15 is 0 Å². The summed E-state index contributed by atoms with van der Waals surface area (Å²) in [6, 6.07) is 13.7. The summed E-state index contributed by atoms with van der Waals surface area (Å²) >= 11 is 0. The van der Waals surface area contributed by atoms with Gasteiger partial charge in [-0.2, -0.15) is 0 Å². The van der Waals surface area contributed by atoms with E-state index in [0.29, 0.717) is 37.6 Å². The average molecular weight is 392 g/mol. The predicted octanol–water partition coefficient (Wildman–Crippen LogP) is 3.88. The number of benzene rings is 2. The molecule has 0 atom stereocenters. The first-order valence-corrected chi connectivity index (χ1v) is 10.3. The van der Waals surface area contributed by atoms with Crippen molar-refractivity contribution in [3.8, 4) is 11.5 Å². The normalized spacial score (nSPS) is 16.6. The van der Waals surface area contributed by atoms with Gasteiger partial charge in [0.15, 0.2) is 0 Å². The van der Waals surface area contributed by atoms with Crippen LogP contribution in [0.15, 0.2) is 55.1 Å². The van der Waals surface area contributed by atoms with Crippen LogP contribution in [0.25, 0.3) is 0 Å². The highest BCUT2D eigenvalue weighted by Gasteiger charge is 2.22. The molecule has 0 spiro atoms. The quantitative estimate of drug-likeness (QED) is 0.700. The van der Waals surface area contributed by atoms with Crippen molar-refractivity contribution < 1.29 is 14.3 Å². The lowest BCUT2D eigenvalue weighted by atomic mass is 10.1. The molecule has 2 aromatic carbocycles. The molecular formula is C24H28N2O3. The monoisotopic (exact) mass is 392 g/mol. The molecule has 2 aliphatic rings. The van der Waals surface area contributed by atoms with E-state index in [0.717, 1.165) is 17.9 Å². The van der Waals surface area contributed by atoms with Crippen LogP contribution < -0.4 is 9.47 Å². The number of fused-ring (bicyclic) bond motifs is 1. The maximum absolute atomic E-state index is 13.1. The van der Waals surface area contributed by atoms with Crippen LogP contribution in [-0.2, 0) is 13.1 Å². The SMILES string of the molecule is C=CCOc1cccc(C(=O)N2CCOc3ccc(CN4CCCC4)cc3C2)c1. The summed E-state index contributed by atoms with van der Waals surface area (Å²) in [5.74, 6) is 1.55.